The van der Waals surface area contributed by atoms with Crippen LogP contribution in [0.25, 0.3) is 5.57 Å². The molecule has 1 N–H and O–H groups in total. The minimum Gasteiger partial charge on any atom is -0.337 e. The Morgan fingerprint density at radius 1 is 1.69 bits per heavy atom. The molecule has 1 aliphatic rings. The highest BCUT2D eigenvalue weighted by atomic mass is 32.1. The fourth-order valence-electron chi connectivity index (χ4n) is 1.56. The molecular weight excluding hydrogens is 200 g/mol. The van der Waals surface area contributed by atoms with Crippen LogP contribution >= 0.6 is 23.6 Å². The molecule has 0 saturated carbocycles. The van der Waals surface area contributed by atoms with Crippen molar-refractivity contribution in [1.82, 2.24) is 9.88 Å². The van der Waals surface area contributed by atoms with Crippen molar-refractivity contribution in [3.05, 3.63) is 21.1 Å². The average Bonchev–Trinajstić information content (AvgIpc) is 2.62. The van der Waals surface area contributed by atoms with E-state index in [2.05, 4.69) is 35.3 Å². The Labute approximate surface area is 86.9 Å². The predicted molar refractivity (Wildman–Crippen MR) is 59.6 cm³/mol. The molecule has 0 fully saturated rings. The second kappa shape index (κ2) is 3.36. The number of likely N-dealkylation sites (N-methyl/N-ethyl adjacent to an activating group) is 1. The topological polar surface area (TPSA) is 19.0 Å². The standard InChI is InChI=1S/C9H12N2S2/c1-6-7(3-4-11(6)2)8-5-13-9(12)10-8/h3,5-6H,4H2,1-2H3,(H,10,12)/t6-/m1/s1. The van der Waals surface area contributed by atoms with Crippen molar-refractivity contribution in [3.8, 4) is 0 Å². The lowest BCUT2D eigenvalue weighted by Crippen LogP contribution is -2.24. The van der Waals surface area contributed by atoms with Gasteiger partial charge in [0.1, 0.15) is 0 Å². The van der Waals surface area contributed by atoms with Crippen LogP contribution in [0.1, 0.15) is 12.6 Å². The minimum atomic E-state index is 0.500. The molecule has 1 aromatic rings. The number of nitrogens with zero attached hydrogens (tertiary/aromatic N) is 1. The maximum absolute atomic E-state index is 5.06. The fraction of sp³-hybridized carbons (Fsp3) is 0.444. The van der Waals surface area contributed by atoms with Gasteiger partial charge in [-0.1, -0.05) is 6.08 Å². The Kier molecular flexibility index (Phi) is 2.36. The Hall–Kier alpha value is -0.450. The van der Waals surface area contributed by atoms with E-state index in [0.717, 1.165) is 10.5 Å². The quantitative estimate of drug-likeness (QED) is 0.721. The average molecular weight is 212 g/mol. The lowest BCUT2D eigenvalue weighted by atomic mass is 10.1. The number of rotatable bonds is 1. The van der Waals surface area contributed by atoms with E-state index < -0.39 is 0 Å². The van der Waals surface area contributed by atoms with Crippen molar-refractivity contribution in [2.75, 3.05) is 13.6 Å². The summed E-state index contributed by atoms with van der Waals surface area (Å²) in [5.74, 6) is 0. The first-order valence-electron chi connectivity index (χ1n) is 4.27. The molecule has 0 radical (unpaired) electrons. The molecule has 0 bridgehead atoms. The SMILES string of the molecule is C[C@@H]1C(c2csc(=S)[nH]2)=CCN1C. The Balaban J connectivity index is 2.33. The summed E-state index contributed by atoms with van der Waals surface area (Å²) >= 11 is 6.65. The van der Waals surface area contributed by atoms with E-state index in [0.29, 0.717) is 6.04 Å². The first-order valence-corrected chi connectivity index (χ1v) is 5.56. The van der Waals surface area contributed by atoms with E-state index in [-0.39, 0.29) is 0 Å². The molecule has 0 spiro atoms. The van der Waals surface area contributed by atoms with Gasteiger partial charge in [0.2, 0.25) is 0 Å². The van der Waals surface area contributed by atoms with Gasteiger partial charge in [0.25, 0.3) is 0 Å². The molecule has 0 amide bonds. The molecule has 13 heavy (non-hydrogen) atoms. The Morgan fingerprint density at radius 3 is 2.92 bits per heavy atom. The first-order chi connectivity index (χ1) is 6.18. The van der Waals surface area contributed by atoms with Gasteiger partial charge in [0.15, 0.2) is 3.95 Å². The molecule has 2 heterocycles. The van der Waals surface area contributed by atoms with Gasteiger partial charge < -0.3 is 4.98 Å². The van der Waals surface area contributed by atoms with Gasteiger partial charge in [-0.15, -0.1) is 11.3 Å². The number of hydrogen-bond donors (Lipinski definition) is 1. The Bertz CT molecular complexity index is 388. The van der Waals surface area contributed by atoms with Crippen LogP contribution in [0.4, 0.5) is 0 Å². The minimum absolute atomic E-state index is 0.500. The zero-order valence-electron chi connectivity index (χ0n) is 7.70. The van der Waals surface area contributed by atoms with E-state index in [1.807, 2.05) is 0 Å². The molecule has 2 nitrogen and oxygen atoms in total. The van der Waals surface area contributed by atoms with Gasteiger partial charge in [-0.3, -0.25) is 4.90 Å². The molecular formula is C9H12N2S2. The predicted octanol–water partition coefficient (Wildman–Crippen LogP) is 2.52. The molecule has 0 unspecified atom stereocenters. The third-order valence-electron chi connectivity index (χ3n) is 2.54. The van der Waals surface area contributed by atoms with Crippen molar-refractivity contribution >= 4 is 29.1 Å². The molecule has 1 aromatic heterocycles. The van der Waals surface area contributed by atoms with Crippen molar-refractivity contribution in [1.29, 1.82) is 0 Å². The van der Waals surface area contributed by atoms with Crippen LogP contribution in [0.3, 0.4) is 0 Å². The van der Waals surface area contributed by atoms with Crippen LogP contribution < -0.4 is 0 Å². The van der Waals surface area contributed by atoms with Gasteiger partial charge >= 0.3 is 0 Å². The second-order valence-corrected chi connectivity index (χ2v) is 4.88. The molecule has 70 valence electrons. The summed E-state index contributed by atoms with van der Waals surface area (Å²) in [5.41, 5.74) is 2.56. The maximum atomic E-state index is 5.06. The number of hydrogen-bond acceptors (Lipinski definition) is 3. The number of H-pyrrole nitrogens is 1. The van der Waals surface area contributed by atoms with Crippen molar-refractivity contribution in [3.63, 3.8) is 0 Å². The van der Waals surface area contributed by atoms with E-state index in [9.17, 15) is 0 Å². The number of nitrogens with one attached hydrogen (secondary N) is 1. The molecule has 1 aliphatic heterocycles. The molecule has 0 aliphatic carbocycles. The van der Waals surface area contributed by atoms with Crippen LogP contribution in [0, 0.1) is 3.95 Å². The van der Waals surface area contributed by atoms with Gasteiger partial charge in [-0.25, -0.2) is 0 Å². The third kappa shape index (κ3) is 1.61. The molecule has 0 aromatic carbocycles. The highest BCUT2D eigenvalue weighted by Gasteiger charge is 2.21. The van der Waals surface area contributed by atoms with Crippen molar-refractivity contribution in [2.24, 2.45) is 0 Å². The molecule has 2 rings (SSSR count). The first kappa shape index (κ1) is 9.12. The van der Waals surface area contributed by atoms with Crippen LogP contribution in [-0.4, -0.2) is 29.5 Å². The Morgan fingerprint density at radius 2 is 2.46 bits per heavy atom. The zero-order valence-corrected chi connectivity index (χ0v) is 9.34. The van der Waals surface area contributed by atoms with Crippen LogP contribution in [0.5, 0.6) is 0 Å². The fourth-order valence-corrected chi connectivity index (χ4v) is 2.41. The van der Waals surface area contributed by atoms with E-state index in [4.69, 9.17) is 12.2 Å². The van der Waals surface area contributed by atoms with Gasteiger partial charge in [-0.2, -0.15) is 0 Å². The highest BCUT2D eigenvalue weighted by Crippen LogP contribution is 2.26. The van der Waals surface area contributed by atoms with Crippen molar-refractivity contribution in [2.45, 2.75) is 13.0 Å². The summed E-state index contributed by atoms with van der Waals surface area (Å²) in [6.45, 7) is 3.25. The maximum Gasteiger partial charge on any atom is 0.158 e. The second-order valence-electron chi connectivity index (χ2n) is 3.34. The van der Waals surface area contributed by atoms with Crippen LogP contribution in [0.15, 0.2) is 11.5 Å². The zero-order chi connectivity index (χ0) is 9.42. The number of thiazole rings is 1. The monoisotopic (exact) mass is 212 g/mol. The van der Waals surface area contributed by atoms with E-state index in [1.165, 1.54) is 11.3 Å². The molecule has 1 atom stereocenters. The van der Waals surface area contributed by atoms with Crippen molar-refractivity contribution < 1.29 is 0 Å². The normalized spacial score (nSPS) is 23.5. The van der Waals surface area contributed by atoms with Gasteiger partial charge in [0.05, 0.1) is 5.69 Å². The van der Waals surface area contributed by atoms with Gasteiger partial charge in [-0.05, 0) is 31.8 Å². The lowest BCUT2D eigenvalue weighted by Gasteiger charge is -2.17. The number of aromatic amines is 1. The summed E-state index contributed by atoms with van der Waals surface area (Å²) < 4.78 is 0.859. The van der Waals surface area contributed by atoms with Gasteiger partial charge in [0, 0.05) is 18.0 Å². The molecule has 4 heteroatoms. The largest absolute Gasteiger partial charge is 0.337 e. The summed E-state index contributed by atoms with van der Waals surface area (Å²) in [6, 6.07) is 0.500. The summed E-state index contributed by atoms with van der Waals surface area (Å²) in [4.78, 5) is 5.52. The summed E-state index contributed by atoms with van der Waals surface area (Å²) in [6.07, 6.45) is 2.26. The summed E-state index contributed by atoms with van der Waals surface area (Å²) in [7, 11) is 2.13. The van der Waals surface area contributed by atoms with E-state index >= 15 is 0 Å². The van der Waals surface area contributed by atoms with E-state index in [1.54, 1.807) is 11.3 Å². The smallest absolute Gasteiger partial charge is 0.158 e. The lowest BCUT2D eigenvalue weighted by molar-refractivity contribution is 0.357. The van der Waals surface area contributed by atoms with Crippen LogP contribution in [0.2, 0.25) is 0 Å². The van der Waals surface area contributed by atoms with Crippen LogP contribution in [-0.2, 0) is 0 Å². The third-order valence-corrected chi connectivity index (χ3v) is 3.60. The molecule has 0 saturated heterocycles. The number of aromatic nitrogens is 1. The highest BCUT2D eigenvalue weighted by molar-refractivity contribution is 7.73. The summed E-state index contributed by atoms with van der Waals surface area (Å²) in [5, 5.41) is 2.10.